The number of hydrogen-bond donors (Lipinski definition) is 6. The van der Waals surface area contributed by atoms with Gasteiger partial charge in [-0.2, -0.15) is 0 Å². The van der Waals surface area contributed by atoms with Gasteiger partial charge in [0.15, 0.2) is 12.4 Å². The number of hydrogen-bond acceptors (Lipinski definition) is 8. The Kier molecular flexibility index (Phi) is 5.70. The number of benzene rings is 1. The van der Waals surface area contributed by atoms with Gasteiger partial charge < -0.3 is 40.1 Å². The fourth-order valence-corrected chi connectivity index (χ4v) is 7.09. The second-order valence-electron chi connectivity index (χ2n) is 10.4. The molecule has 1 saturated heterocycles. The highest BCUT2D eigenvalue weighted by atomic mass is 16.7. The number of aliphatic carboxylic acids is 1. The first-order valence-electron chi connectivity index (χ1n) is 11.7. The van der Waals surface area contributed by atoms with Crippen LogP contribution in [0.25, 0.3) is 0 Å². The smallest absolute Gasteiger partial charge is 0.335 e. The molecule has 1 aliphatic heterocycles. The molecule has 9 nitrogen and oxygen atoms in total. The van der Waals surface area contributed by atoms with Crippen molar-refractivity contribution in [2.45, 2.75) is 87.9 Å². The summed E-state index contributed by atoms with van der Waals surface area (Å²) in [6.07, 6.45) is -5.97. The quantitative estimate of drug-likeness (QED) is 0.375. The Bertz CT molecular complexity index is 921. The standard InChI is InChI=1S/C24H32O9/c1-24-7-6-13-12-5-3-11(25)8-10(12)2-4-14(13)15(24)9-16(26)21(24)33-23-19(29)17(27)18(28)20(32-23)22(30)31/h3,5,8,13-21,23,25-29H,2,4,6-7,9H2,1H3,(H,30,31)/t13-,14-,15+,16-,17+,18+,19-,20+,21+,23?,24+/m1/s1. The largest absolute Gasteiger partial charge is 0.508 e. The Morgan fingerprint density at radius 2 is 1.88 bits per heavy atom. The molecular weight excluding hydrogens is 432 g/mol. The van der Waals surface area contributed by atoms with Gasteiger partial charge in [-0.3, -0.25) is 0 Å². The number of aryl methyl sites for hydroxylation is 1. The number of aliphatic hydroxyl groups is 4. The lowest BCUT2D eigenvalue weighted by atomic mass is 9.55. The van der Waals surface area contributed by atoms with Gasteiger partial charge in [0.1, 0.15) is 24.1 Å². The van der Waals surface area contributed by atoms with Crippen LogP contribution in [-0.2, 0) is 20.7 Å². The summed E-state index contributed by atoms with van der Waals surface area (Å²) >= 11 is 0. The Hall–Kier alpha value is -1.75. The summed E-state index contributed by atoms with van der Waals surface area (Å²) in [5.41, 5.74) is 2.02. The molecule has 0 spiro atoms. The molecule has 3 fully saturated rings. The molecule has 33 heavy (non-hydrogen) atoms. The number of ether oxygens (including phenoxy) is 2. The van der Waals surface area contributed by atoms with Crippen molar-refractivity contribution in [2.24, 2.45) is 17.3 Å². The maximum atomic E-state index is 11.4. The third kappa shape index (κ3) is 3.57. The lowest BCUT2D eigenvalue weighted by Crippen LogP contribution is -2.61. The van der Waals surface area contributed by atoms with Crippen LogP contribution in [0.15, 0.2) is 18.2 Å². The molecule has 1 unspecified atom stereocenters. The van der Waals surface area contributed by atoms with Gasteiger partial charge in [0.05, 0.1) is 12.2 Å². The van der Waals surface area contributed by atoms with E-state index in [0.29, 0.717) is 18.3 Å². The van der Waals surface area contributed by atoms with E-state index in [4.69, 9.17) is 9.47 Å². The minimum absolute atomic E-state index is 0.157. The molecule has 0 aromatic heterocycles. The Morgan fingerprint density at radius 3 is 2.61 bits per heavy atom. The van der Waals surface area contributed by atoms with E-state index in [9.17, 15) is 35.4 Å². The van der Waals surface area contributed by atoms with Crippen molar-refractivity contribution in [1.29, 1.82) is 0 Å². The van der Waals surface area contributed by atoms with E-state index in [2.05, 4.69) is 6.92 Å². The SMILES string of the molecule is C[C@]12CC[C@@H]3c4ccc(O)cc4CC[C@H]3[C@@H]1C[C@@H](O)[C@@H]2OC1O[C@H](C(=O)O)[C@@H](O)[C@H](O)[C@H]1O. The molecule has 6 N–H and O–H groups in total. The molecule has 11 atom stereocenters. The van der Waals surface area contributed by atoms with Gasteiger partial charge in [-0.15, -0.1) is 0 Å². The van der Waals surface area contributed by atoms with E-state index in [1.54, 1.807) is 6.07 Å². The van der Waals surface area contributed by atoms with Crippen molar-refractivity contribution in [3.63, 3.8) is 0 Å². The third-order valence-electron chi connectivity index (χ3n) is 8.74. The molecule has 182 valence electrons. The predicted molar refractivity (Wildman–Crippen MR) is 113 cm³/mol. The minimum Gasteiger partial charge on any atom is -0.508 e. The summed E-state index contributed by atoms with van der Waals surface area (Å²) in [5, 5.41) is 60.6. The topological polar surface area (TPSA) is 157 Å². The van der Waals surface area contributed by atoms with Crippen LogP contribution in [-0.4, -0.2) is 79.5 Å². The Labute approximate surface area is 191 Å². The molecular formula is C24H32O9. The van der Waals surface area contributed by atoms with Crippen molar-refractivity contribution in [1.82, 2.24) is 0 Å². The molecule has 0 bridgehead atoms. The van der Waals surface area contributed by atoms with Crippen LogP contribution in [0.4, 0.5) is 0 Å². The summed E-state index contributed by atoms with van der Waals surface area (Å²) in [7, 11) is 0. The monoisotopic (exact) mass is 464 g/mol. The number of rotatable bonds is 3. The first-order valence-corrected chi connectivity index (χ1v) is 11.7. The molecule has 2 saturated carbocycles. The second kappa shape index (κ2) is 8.18. The molecule has 0 radical (unpaired) electrons. The Morgan fingerprint density at radius 1 is 1.12 bits per heavy atom. The van der Waals surface area contributed by atoms with Gasteiger partial charge in [-0.05, 0) is 78.5 Å². The summed E-state index contributed by atoms with van der Waals surface area (Å²) < 4.78 is 11.3. The summed E-state index contributed by atoms with van der Waals surface area (Å²) in [6.45, 7) is 2.07. The zero-order chi connectivity index (χ0) is 23.7. The number of aliphatic hydroxyl groups excluding tert-OH is 4. The molecule has 0 amide bonds. The number of carboxylic acid groups (broad SMARTS) is 1. The van der Waals surface area contributed by atoms with Gasteiger partial charge in [-0.1, -0.05) is 13.0 Å². The summed E-state index contributed by atoms with van der Waals surface area (Å²) in [4.78, 5) is 11.4. The van der Waals surface area contributed by atoms with Gasteiger partial charge >= 0.3 is 5.97 Å². The minimum atomic E-state index is -1.79. The van der Waals surface area contributed by atoms with Crippen molar-refractivity contribution >= 4 is 5.97 Å². The lowest BCUT2D eigenvalue weighted by Gasteiger charge is -2.51. The Balaban J connectivity index is 1.38. The average molecular weight is 465 g/mol. The highest BCUT2D eigenvalue weighted by Crippen LogP contribution is 2.62. The first-order chi connectivity index (χ1) is 15.6. The van der Waals surface area contributed by atoms with E-state index >= 15 is 0 Å². The van der Waals surface area contributed by atoms with Crippen LogP contribution in [0, 0.1) is 17.3 Å². The summed E-state index contributed by atoms with van der Waals surface area (Å²) in [6, 6.07) is 5.58. The summed E-state index contributed by atoms with van der Waals surface area (Å²) in [5.74, 6) is -0.366. The highest BCUT2D eigenvalue weighted by Gasteiger charge is 2.60. The fourth-order valence-electron chi connectivity index (χ4n) is 7.09. The van der Waals surface area contributed by atoms with Crippen LogP contribution >= 0.6 is 0 Å². The van der Waals surface area contributed by atoms with Gasteiger partial charge in [0.25, 0.3) is 0 Å². The van der Waals surface area contributed by atoms with E-state index in [0.717, 1.165) is 25.7 Å². The van der Waals surface area contributed by atoms with Gasteiger partial charge in [-0.25, -0.2) is 4.79 Å². The number of aromatic hydroxyl groups is 1. The van der Waals surface area contributed by atoms with E-state index in [1.807, 2.05) is 12.1 Å². The highest BCUT2D eigenvalue weighted by molar-refractivity contribution is 5.73. The average Bonchev–Trinajstić information content (AvgIpc) is 3.03. The van der Waals surface area contributed by atoms with Crippen molar-refractivity contribution < 1.29 is 44.9 Å². The number of phenolic OH excluding ortho intramolecular Hbond substituents is 1. The second-order valence-corrected chi connectivity index (χ2v) is 10.4. The normalized spacial score (nSPS) is 46.8. The van der Waals surface area contributed by atoms with Crippen molar-refractivity contribution in [3.05, 3.63) is 29.3 Å². The lowest BCUT2D eigenvalue weighted by molar-refractivity contribution is -0.317. The van der Waals surface area contributed by atoms with Crippen LogP contribution in [0.3, 0.4) is 0 Å². The van der Waals surface area contributed by atoms with Gasteiger partial charge in [0, 0.05) is 0 Å². The van der Waals surface area contributed by atoms with Crippen LogP contribution < -0.4 is 0 Å². The fraction of sp³-hybridized carbons (Fsp3) is 0.708. The third-order valence-corrected chi connectivity index (χ3v) is 8.74. The number of carbonyl (C=O) groups is 1. The van der Waals surface area contributed by atoms with Crippen LogP contribution in [0.1, 0.15) is 49.7 Å². The van der Waals surface area contributed by atoms with Gasteiger partial charge in [0.2, 0.25) is 0 Å². The molecule has 4 aliphatic rings. The number of carboxylic acids is 1. The van der Waals surface area contributed by atoms with E-state index in [1.165, 1.54) is 11.1 Å². The van der Waals surface area contributed by atoms with Crippen molar-refractivity contribution in [2.75, 3.05) is 0 Å². The molecule has 5 rings (SSSR count). The number of phenols is 1. The van der Waals surface area contributed by atoms with Crippen molar-refractivity contribution in [3.8, 4) is 5.75 Å². The van der Waals surface area contributed by atoms with E-state index in [-0.39, 0.29) is 11.7 Å². The molecule has 1 aromatic rings. The zero-order valence-electron chi connectivity index (χ0n) is 18.4. The molecule has 9 heteroatoms. The predicted octanol–water partition coefficient (Wildman–Crippen LogP) is 0.496. The van der Waals surface area contributed by atoms with Crippen LogP contribution in [0.2, 0.25) is 0 Å². The number of fused-ring (bicyclic) bond motifs is 5. The van der Waals surface area contributed by atoms with Crippen LogP contribution in [0.5, 0.6) is 5.75 Å². The molecule has 1 aromatic carbocycles. The first kappa shape index (κ1) is 23.0. The molecule has 1 heterocycles. The maximum Gasteiger partial charge on any atom is 0.335 e. The van der Waals surface area contributed by atoms with E-state index < -0.39 is 54.3 Å². The molecule has 3 aliphatic carbocycles. The maximum absolute atomic E-state index is 11.4. The zero-order valence-corrected chi connectivity index (χ0v) is 18.4.